The van der Waals surface area contributed by atoms with E-state index in [1.165, 1.54) is 18.7 Å². The van der Waals surface area contributed by atoms with Crippen LogP contribution in [0.5, 0.6) is 0 Å². The Labute approximate surface area is 126 Å². The van der Waals surface area contributed by atoms with Crippen LogP contribution >= 0.6 is 11.8 Å². The summed E-state index contributed by atoms with van der Waals surface area (Å²) in [5.41, 5.74) is 0. The van der Waals surface area contributed by atoms with Crippen molar-refractivity contribution in [1.82, 2.24) is 5.32 Å². The van der Waals surface area contributed by atoms with Gasteiger partial charge in [0.05, 0.1) is 5.92 Å². The fourth-order valence-electron chi connectivity index (χ4n) is 2.34. The predicted molar refractivity (Wildman–Crippen MR) is 76.0 cm³/mol. The Bertz CT molecular complexity index is 438. The minimum Gasteiger partial charge on any atom is -0.481 e. The Kier molecular flexibility index (Phi) is 6.67. The number of rotatable bonds is 7. The number of carboxylic acids is 2. The molecule has 0 aromatic rings. The standard InChI is InChI=1S/C13H19NO6S/c1-7(15)14-10(13(19)20)6-21-5-9-8(12(17)18)3-2-4-11(9)16/h8-10H,2-6H2,1H3,(H,14,15)(H,17,18)(H,19,20). The minimum atomic E-state index is -1.15. The van der Waals surface area contributed by atoms with Gasteiger partial charge in [0.15, 0.2) is 0 Å². The summed E-state index contributed by atoms with van der Waals surface area (Å²) in [5, 5.41) is 20.4. The minimum absolute atomic E-state index is 0.0763. The molecule has 1 fully saturated rings. The third-order valence-corrected chi connectivity index (χ3v) is 4.58. The lowest BCUT2D eigenvalue weighted by Crippen LogP contribution is -2.42. The first kappa shape index (κ1) is 17.5. The normalized spacial score (nSPS) is 23.4. The van der Waals surface area contributed by atoms with Gasteiger partial charge < -0.3 is 15.5 Å². The van der Waals surface area contributed by atoms with Crippen LogP contribution in [-0.4, -0.2) is 51.4 Å². The maximum absolute atomic E-state index is 11.8. The van der Waals surface area contributed by atoms with Gasteiger partial charge in [0.1, 0.15) is 11.8 Å². The topological polar surface area (TPSA) is 121 Å². The lowest BCUT2D eigenvalue weighted by atomic mass is 9.79. The van der Waals surface area contributed by atoms with Gasteiger partial charge in [0.2, 0.25) is 5.91 Å². The van der Waals surface area contributed by atoms with E-state index in [1.807, 2.05) is 0 Å². The zero-order chi connectivity index (χ0) is 16.0. The van der Waals surface area contributed by atoms with E-state index >= 15 is 0 Å². The van der Waals surface area contributed by atoms with Gasteiger partial charge in [0.25, 0.3) is 0 Å². The summed E-state index contributed by atoms with van der Waals surface area (Å²) in [6.07, 6.45) is 1.43. The molecule has 1 aliphatic carbocycles. The van der Waals surface area contributed by atoms with Gasteiger partial charge in [-0.25, -0.2) is 4.79 Å². The summed E-state index contributed by atoms with van der Waals surface area (Å²) >= 11 is 1.18. The third kappa shape index (κ3) is 5.37. The highest BCUT2D eigenvalue weighted by Gasteiger charge is 2.36. The summed E-state index contributed by atoms with van der Waals surface area (Å²) in [4.78, 5) is 44.8. The van der Waals surface area contributed by atoms with Crippen molar-refractivity contribution < 1.29 is 29.4 Å². The van der Waals surface area contributed by atoms with E-state index in [-0.39, 0.29) is 17.3 Å². The molecule has 1 aliphatic rings. The Morgan fingerprint density at radius 2 is 2.05 bits per heavy atom. The second-order valence-electron chi connectivity index (χ2n) is 5.04. The number of aliphatic carboxylic acids is 2. The average Bonchev–Trinajstić information content (AvgIpc) is 2.38. The number of hydrogen-bond donors (Lipinski definition) is 3. The van der Waals surface area contributed by atoms with Crippen LogP contribution in [0.15, 0.2) is 0 Å². The van der Waals surface area contributed by atoms with Crippen LogP contribution in [0.4, 0.5) is 0 Å². The van der Waals surface area contributed by atoms with Crippen LogP contribution in [0.3, 0.4) is 0 Å². The van der Waals surface area contributed by atoms with Gasteiger partial charge in [-0.3, -0.25) is 14.4 Å². The first-order chi connectivity index (χ1) is 9.82. The molecule has 0 aliphatic heterocycles. The van der Waals surface area contributed by atoms with Crippen LogP contribution < -0.4 is 5.32 Å². The number of carbonyl (C=O) groups is 4. The van der Waals surface area contributed by atoms with Gasteiger partial charge in [-0.15, -0.1) is 0 Å². The molecular weight excluding hydrogens is 298 g/mol. The second-order valence-corrected chi connectivity index (χ2v) is 6.11. The molecule has 3 unspecified atom stereocenters. The average molecular weight is 317 g/mol. The quantitative estimate of drug-likeness (QED) is 0.620. The summed E-state index contributed by atoms with van der Waals surface area (Å²) in [6, 6.07) is -1.03. The van der Waals surface area contributed by atoms with Gasteiger partial charge in [-0.2, -0.15) is 11.8 Å². The molecule has 0 radical (unpaired) electrons. The van der Waals surface area contributed by atoms with Crippen molar-refractivity contribution in [2.75, 3.05) is 11.5 Å². The van der Waals surface area contributed by atoms with E-state index in [0.717, 1.165) is 0 Å². The van der Waals surface area contributed by atoms with Crippen LogP contribution in [-0.2, 0) is 19.2 Å². The highest BCUT2D eigenvalue weighted by Crippen LogP contribution is 2.30. The molecular formula is C13H19NO6S. The fourth-order valence-corrected chi connectivity index (χ4v) is 3.61. The maximum Gasteiger partial charge on any atom is 0.327 e. The molecule has 0 saturated heterocycles. The van der Waals surface area contributed by atoms with Crippen molar-refractivity contribution >= 4 is 35.4 Å². The number of hydrogen-bond acceptors (Lipinski definition) is 5. The molecule has 3 N–H and O–H groups in total. The number of amides is 1. The number of nitrogens with one attached hydrogen (secondary N) is 1. The monoisotopic (exact) mass is 317 g/mol. The van der Waals surface area contributed by atoms with Crippen molar-refractivity contribution in [1.29, 1.82) is 0 Å². The molecule has 3 atom stereocenters. The first-order valence-corrected chi connectivity index (χ1v) is 7.81. The van der Waals surface area contributed by atoms with E-state index in [4.69, 9.17) is 10.2 Å². The molecule has 1 rings (SSSR count). The summed E-state index contributed by atoms with van der Waals surface area (Å²) in [5.74, 6) is -3.55. The maximum atomic E-state index is 11.8. The Hall–Kier alpha value is -1.57. The van der Waals surface area contributed by atoms with E-state index in [2.05, 4.69) is 5.32 Å². The lowest BCUT2D eigenvalue weighted by Gasteiger charge is -2.27. The van der Waals surface area contributed by atoms with Crippen LogP contribution in [0, 0.1) is 11.8 Å². The molecule has 21 heavy (non-hydrogen) atoms. The largest absolute Gasteiger partial charge is 0.481 e. The highest BCUT2D eigenvalue weighted by atomic mass is 32.2. The Balaban J connectivity index is 2.54. The zero-order valence-corrected chi connectivity index (χ0v) is 12.5. The Morgan fingerprint density at radius 3 is 2.57 bits per heavy atom. The Morgan fingerprint density at radius 1 is 1.38 bits per heavy atom. The fraction of sp³-hybridized carbons (Fsp3) is 0.692. The zero-order valence-electron chi connectivity index (χ0n) is 11.7. The van der Waals surface area contributed by atoms with E-state index in [9.17, 15) is 19.2 Å². The molecule has 8 heteroatoms. The first-order valence-electron chi connectivity index (χ1n) is 6.66. The van der Waals surface area contributed by atoms with Crippen molar-refractivity contribution in [2.45, 2.75) is 32.2 Å². The summed E-state index contributed by atoms with van der Waals surface area (Å²) < 4.78 is 0. The molecule has 0 spiro atoms. The molecule has 0 bridgehead atoms. The predicted octanol–water partition coefficient (Wildman–Crippen LogP) is 0.379. The molecule has 1 amide bonds. The van der Waals surface area contributed by atoms with Gasteiger partial charge in [-0.05, 0) is 12.8 Å². The SMILES string of the molecule is CC(=O)NC(CSCC1C(=O)CCCC1C(=O)O)C(=O)O. The second kappa shape index (κ2) is 8.02. The van der Waals surface area contributed by atoms with Crippen molar-refractivity contribution in [3.05, 3.63) is 0 Å². The number of thioether (sulfide) groups is 1. The third-order valence-electron chi connectivity index (χ3n) is 3.41. The number of carbonyl (C=O) groups excluding carboxylic acids is 2. The van der Waals surface area contributed by atoms with Crippen molar-refractivity contribution in [3.63, 3.8) is 0 Å². The van der Waals surface area contributed by atoms with E-state index in [1.54, 1.807) is 0 Å². The molecule has 118 valence electrons. The van der Waals surface area contributed by atoms with E-state index < -0.39 is 35.7 Å². The van der Waals surface area contributed by atoms with Crippen LogP contribution in [0.25, 0.3) is 0 Å². The number of Topliss-reactive ketones (excluding diaryl/α,β-unsaturated/α-hetero) is 1. The van der Waals surface area contributed by atoms with Gasteiger partial charge in [0, 0.05) is 30.8 Å². The molecule has 7 nitrogen and oxygen atoms in total. The van der Waals surface area contributed by atoms with E-state index in [0.29, 0.717) is 19.3 Å². The van der Waals surface area contributed by atoms with Gasteiger partial charge >= 0.3 is 11.9 Å². The number of ketones is 1. The van der Waals surface area contributed by atoms with Crippen LogP contribution in [0.2, 0.25) is 0 Å². The summed E-state index contributed by atoms with van der Waals surface area (Å²) in [6.45, 7) is 1.23. The number of carboxylic acid groups (broad SMARTS) is 2. The van der Waals surface area contributed by atoms with Gasteiger partial charge in [-0.1, -0.05) is 0 Å². The highest BCUT2D eigenvalue weighted by molar-refractivity contribution is 7.99. The molecule has 0 aromatic carbocycles. The van der Waals surface area contributed by atoms with Crippen LogP contribution in [0.1, 0.15) is 26.2 Å². The van der Waals surface area contributed by atoms with Crippen molar-refractivity contribution in [2.24, 2.45) is 11.8 Å². The smallest absolute Gasteiger partial charge is 0.327 e. The molecule has 0 heterocycles. The summed E-state index contributed by atoms with van der Waals surface area (Å²) in [7, 11) is 0. The molecule has 0 aromatic heterocycles. The molecule has 1 saturated carbocycles. The van der Waals surface area contributed by atoms with Crippen molar-refractivity contribution in [3.8, 4) is 0 Å². The lowest BCUT2D eigenvalue weighted by molar-refractivity contribution is -0.148.